The second-order valence-electron chi connectivity index (χ2n) is 4.15. The van der Waals surface area contributed by atoms with Crippen molar-refractivity contribution in [3.63, 3.8) is 0 Å². The summed E-state index contributed by atoms with van der Waals surface area (Å²) in [5.41, 5.74) is 0. The van der Waals surface area contributed by atoms with Crippen LogP contribution in [0.1, 0.15) is 30.2 Å². The van der Waals surface area contributed by atoms with Crippen LogP contribution < -0.4 is 5.32 Å². The van der Waals surface area contributed by atoms with E-state index in [1.807, 2.05) is 5.38 Å². The summed E-state index contributed by atoms with van der Waals surface area (Å²) in [6.07, 6.45) is 3.02. The van der Waals surface area contributed by atoms with Gasteiger partial charge in [-0.2, -0.15) is 0 Å². The maximum absolute atomic E-state index is 12.0. The van der Waals surface area contributed by atoms with E-state index in [2.05, 4.69) is 5.32 Å². The molecule has 0 radical (unpaired) electrons. The van der Waals surface area contributed by atoms with E-state index in [1.54, 1.807) is 23.9 Å². The highest BCUT2D eigenvalue weighted by molar-refractivity contribution is 8.00. The first kappa shape index (κ1) is 13.4. The van der Waals surface area contributed by atoms with Crippen LogP contribution in [-0.4, -0.2) is 28.0 Å². The zero-order chi connectivity index (χ0) is 13.0. The summed E-state index contributed by atoms with van der Waals surface area (Å²) >= 11 is 2.97. The molecule has 4 nitrogen and oxygen atoms in total. The van der Waals surface area contributed by atoms with Gasteiger partial charge in [-0.25, -0.2) is 4.79 Å². The van der Waals surface area contributed by atoms with Gasteiger partial charge in [0.05, 0.1) is 5.25 Å². The van der Waals surface area contributed by atoms with Gasteiger partial charge in [-0.1, -0.05) is 12.5 Å². The van der Waals surface area contributed by atoms with Crippen molar-refractivity contribution in [2.75, 3.05) is 5.75 Å². The topological polar surface area (TPSA) is 66.4 Å². The molecule has 2 N–H and O–H groups in total. The van der Waals surface area contributed by atoms with Crippen molar-refractivity contribution in [1.29, 1.82) is 0 Å². The molecule has 1 aromatic rings. The van der Waals surface area contributed by atoms with Gasteiger partial charge in [0.25, 0.3) is 0 Å². The molecule has 1 amide bonds. The third kappa shape index (κ3) is 3.26. The van der Waals surface area contributed by atoms with Crippen molar-refractivity contribution >= 4 is 35.0 Å². The highest BCUT2D eigenvalue weighted by atomic mass is 32.2. The Bertz CT molecular complexity index is 413. The fourth-order valence-corrected chi connectivity index (χ4v) is 3.87. The van der Waals surface area contributed by atoms with Crippen LogP contribution in [0.3, 0.4) is 0 Å². The van der Waals surface area contributed by atoms with E-state index in [0.717, 1.165) is 25.0 Å². The van der Waals surface area contributed by atoms with Crippen LogP contribution in [0.5, 0.6) is 0 Å². The molecule has 2 heterocycles. The van der Waals surface area contributed by atoms with Crippen molar-refractivity contribution in [2.24, 2.45) is 0 Å². The third-order valence-corrected chi connectivity index (χ3v) is 5.15. The van der Waals surface area contributed by atoms with Crippen LogP contribution >= 0.6 is 23.1 Å². The molecular weight excluding hydrogens is 270 g/mol. The van der Waals surface area contributed by atoms with Gasteiger partial charge in [0.2, 0.25) is 5.91 Å². The average molecular weight is 285 g/mol. The molecule has 1 saturated heterocycles. The van der Waals surface area contributed by atoms with E-state index in [4.69, 9.17) is 0 Å². The zero-order valence-corrected chi connectivity index (χ0v) is 11.4. The lowest BCUT2D eigenvalue weighted by atomic mass is 10.1. The monoisotopic (exact) mass is 285 g/mol. The molecule has 2 rings (SSSR count). The van der Waals surface area contributed by atoms with Crippen LogP contribution in [-0.2, 0) is 9.59 Å². The molecular formula is C12H15NO3S2. The quantitative estimate of drug-likeness (QED) is 0.890. The molecule has 2 atom stereocenters. The van der Waals surface area contributed by atoms with Gasteiger partial charge in [-0.05, 0) is 30.0 Å². The van der Waals surface area contributed by atoms with Crippen LogP contribution in [0.15, 0.2) is 17.5 Å². The molecule has 2 unspecified atom stereocenters. The number of nitrogens with one attached hydrogen (secondary N) is 1. The van der Waals surface area contributed by atoms with Gasteiger partial charge in [-0.15, -0.1) is 23.1 Å². The van der Waals surface area contributed by atoms with Crippen molar-refractivity contribution in [3.8, 4) is 0 Å². The molecule has 1 aliphatic rings. The number of carbonyl (C=O) groups excluding carboxylic acids is 1. The Morgan fingerprint density at radius 1 is 1.44 bits per heavy atom. The number of aliphatic carboxylic acids is 1. The summed E-state index contributed by atoms with van der Waals surface area (Å²) in [4.78, 5) is 23.9. The second kappa shape index (κ2) is 6.24. The van der Waals surface area contributed by atoms with Crippen molar-refractivity contribution in [3.05, 3.63) is 22.4 Å². The van der Waals surface area contributed by atoms with Gasteiger partial charge in [0, 0.05) is 4.88 Å². The smallest absolute Gasteiger partial charge is 0.331 e. The number of hydrogen-bond acceptors (Lipinski definition) is 4. The summed E-state index contributed by atoms with van der Waals surface area (Å²) < 4.78 is 0. The Morgan fingerprint density at radius 3 is 2.83 bits per heavy atom. The summed E-state index contributed by atoms with van der Waals surface area (Å²) in [5.74, 6) is -0.179. The standard InChI is InChI=1S/C12H15NO3S2/c14-11(9-4-1-2-6-18-9)13-10(12(15)16)8-5-3-7-17-8/h3,5,7,9-10H,1-2,4,6H2,(H,13,14)(H,15,16). The normalized spacial score (nSPS) is 21.2. The Labute approximate surface area is 114 Å². The number of carboxylic acid groups (broad SMARTS) is 1. The Balaban J connectivity index is 2.00. The number of rotatable bonds is 4. The lowest BCUT2D eigenvalue weighted by Gasteiger charge is -2.22. The fourth-order valence-electron chi connectivity index (χ4n) is 1.89. The minimum Gasteiger partial charge on any atom is -0.479 e. The van der Waals surface area contributed by atoms with Gasteiger partial charge in [0.15, 0.2) is 6.04 Å². The molecule has 18 heavy (non-hydrogen) atoms. The molecule has 98 valence electrons. The Kier molecular flexibility index (Phi) is 4.66. The molecule has 0 spiro atoms. The van der Waals surface area contributed by atoms with Crippen LogP contribution in [0.2, 0.25) is 0 Å². The van der Waals surface area contributed by atoms with Gasteiger partial charge >= 0.3 is 5.97 Å². The predicted molar refractivity (Wildman–Crippen MR) is 72.9 cm³/mol. The number of carboxylic acids is 1. The van der Waals surface area contributed by atoms with Crippen LogP contribution in [0.4, 0.5) is 0 Å². The molecule has 1 aliphatic heterocycles. The minimum absolute atomic E-state index is 0.0967. The fraction of sp³-hybridized carbons (Fsp3) is 0.500. The Morgan fingerprint density at radius 2 is 2.28 bits per heavy atom. The first-order chi connectivity index (χ1) is 8.68. The predicted octanol–water partition coefficient (Wildman–Crippen LogP) is 2.28. The SMILES string of the molecule is O=C(NC(C(=O)O)c1cccs1)C1CCCCS1. The number of carbonyl (C=O) groups is 2. The molecule has 6 heteroatoms. The Hall–Kier alpha value is -1.01. The lowest BCUT2D eigenvalue weighted by Crippen LogP contribution is -2.39. The first-order valence-corrected chi connectivity index (χ1v) is 7.79. The minimum atomic E-state index is -1.01. The highest BCUT2D eigenvalue weighted by Gasteiger charge is 2.28. The maximum atomic E-state index is 12.0. The third-order valence-electron chi connectivity index (χ3n) is 2.83. The zero-order valence-electron chi connectivity index (χ0n) is 9.80. The van der Waals surface area contributed by atoms with Crippen molar-refractivity contribution in [2.45, 2.75) is 30.6 Å². The van der Waals surface area contributed by atoms with Crippen molar-refractivity contribution in [1.82, 2.24) is 5.32 Å². The van der Waals surface area contributed by atoms with Gasteiger partial charge in [-0.3, -0.25) is 4.79 Å². The van der Waals surface area contributed by atoms with E-state index in [9.17, 15) is 14.7 Å². The van der Waals surface area contributed by atoms with Crippen molar-refractivity contribution < 1.29 is 14.7 Å². The van der Waals surface area contributed by atoms with E-state index in [1.165, 1.54) is 11.3 Å². The molecule has 0 saturated carbocycles. The number of thiophene rings is 1. The number of thioether (sulfide) groups is 1. The van der Waals surface area contributed by atoms with E-state index < -0.39 is 12.0 Å². The second-order valence-corrected chi connectivity index (χ2v) is 6.44. The van der Waals surface area contributed by atoms with E-state index in [-0.39, 0.29) is 11.2 Å². The molecule has 0 aromatic carbocycles. The first-order valence-electron chi connectivity index (χ1n) is 5.86. The summed E-state index contributed by atoms with van der Waals surface area (Å²) in [6.45, 7) is 0. The molecule has 0 bridgehead atoms. The van der Waals surface area contributed by atoms with Gasteiger partial charge in [0.1, 0.15) is 0 Å². The molecule has 1 fully saturated rings. The number of hydrogen-bond donors (Lipinski definition) is 2. The summed E-state index contributed by atoms with van der Waals surface area (Å²) in [7, 11) is 0. The summed E-state index contributed by atoms with van der Waals surface area (Å²) in [6, 6.07) is 2.61. The largest absolute Gasteiger partial charge is 0.479 e. The number of amides is 1. The lowest BCUT2D eigenvalue weighted by molar-refractivity contribution is -0.141. The molecule has 0 aliphatic carbocycles. The van der Waals surface area contributed by atoms with Crippen LogP contribution in [0, 0.1) is 0 Å². The maximum Gasteiger partial charge on any atom is 0.331 e. The van der Waals surface area contributed by atoms with Crippen LogP contribution in [0.25, 0.3) is 0 Å². The summed E-state index contributed by atoms with van der Waals surface area (Å²) in [5, 5.41) is 13.5. The van der Waals surface area contributed by atoms with E-state index >= 15 is 0 Å². The average Bonchev–Trinajstić information content (AvgIpc) is 2.90. The van der Waals surface area contributed by atoms with E-state index in [0.29, 0.717) is 4.88 Å². The highest BCUT2D eigenvalue weighted by Crippen LogP contribution is 2.26. The molecule has 1 aromatic heterocycles. The van der Waals surface area contributed by atoms with Gasteiger partial charge < -0.3 is 10.4 Å².